The van der Waals surface area contributed by atoms with E-state index in [0.29, 0.717) is 10.4 Å². The third-order valence-electron chi connectivity index (χ3n) is 1.82. The standard InChI is InChI=1S/C9H5ClO4/c10-5-1-2-6(11)8-4(5)3-7(14-8)9(12)13/h1-3,11H,(H,12,13). The van der Waals surface area contributed by atoms with Crippen molar-refractivity contribution in [1.82, 2.24) is 0 Å². The zero-order valence-corrected chi connectivity index (χ0v) is 7.58. The Hall–Kier alpha value is -1.68. The van der Waals surface area contributed by atoms with Gasteiger partial charge in [0.15, 0.2) is 11.3 Å². The van der Waals surface area contributed by atoms with Crippen molar-refractivity contribution >= 4 is 28.5 Å². The number of hydrogen-bond acceptors (Lipinski definition) is 3. The minimum Gasteiger partial charge on any atom is -0.504 e. The predicted molar refractivity (Wildman–Crippen MR) is 49.8 cm³/mol. The molecule has 2 N–H and O–H groups in total. The molecule has 0 unspecified atom stereocenters. The fourth-order valence-electron chi connectivity index (χ4n) is 1.18. The van der Waals surface area contributed by atoms with E-state index in [1.54, 1.807) is 0 Å². The molecule has 0 spiro atoms. The molecule has 0 aliphatic rings. The molecule has 1 heterocycles. The van der Waals surface area contributed by atoms with E-state index >= 15 is 0 Å². The minimum absolute atomic E-state index is 0.0925. The first-order valence-corrected chi connectivity index (χ1v) is 4.11. The van der Waals surface area contributed by atoms with Gasteiger partial charge in [-0.2, -0.15) is 0 Å². The number of phenolic OH excluding ortho intramolecular Hbond substituents is 1. The summed E-state index contributed by atoms with van der Waals surface area (Å²) < 4.78 is 4.91. The van der Waals surface area contributed by atoms with Crippen LogP contribution in [0, 0.1) is 0 Å². The summed E-state index contributed by atoms with van der Waals surface area (Å²) in [6, 6.07) is 4.10. The summed E-state index contributed by atoms with van der Waals surface area (Å²) in [5, 5.41) is 18.7. The highest BCUT2D eigenvalue weighted by Crippen LogP contribution is 2.33. The lowest BCUT2D eigenvalue weighted by Gasteiger charge is -1.93. The molecule has 4 nitrogen and oxygen atoms in total. The van der Waals surface area contributed by atoms with Crippen LogP contribution in [0.2, 0.25) is 5.02 Å². The Kier molecular flexibility index (Phi) is 1.86. The quantitative estimate of drug-likeness (QED) is 0.762. The Morgan fingerprint density at radius 2 is 2.14 bits per heavy atom. The molecule has 0 aliphatic carbocycles. The molecule has 0 amide bonds. The van der Waals surface area contributed by atoms with Gasteiger partial charge in [-0.1, -0.05) is 11.6 Å². The lowest BCUT2D eigenvalue weighted by atomic mass is 10.2. The van der Waals surface area contributed by atoms with Gasteiger partial charge in [-0.3, -0.25) is 0 Å². The average molecular weight is 213 g/mol. The molecule has 2 aromatic rings. The fraction of sp³-hybridized carbons (Fsp3) is 0. The molecule has 0 bridgehead atoms. The summed E-state index contributed by atoms with van der Waals surface area (Å²) in [5.41, 5.74) is 0.0925. The van der Waals surface area contributed by atoms with Crippen LogP contribution in [0.5, 0.6) is 5.75 Å². The summed E-state index contributed by atoms with van der Waals surface area (Å²) in [6.07, 6.45) is 0. The number of phenols is 1. The number of aromatic hydroxyl groups is 1. The topological polar surface area (TPSA) is 70.7 Å². The van der Waals surface area contributed by atoms with Crippen LogP contribution in [-0.2, 0) is 0 Å². The normalized spacial score (nSPS) is 10.6. The summed E-state index contributed by atoms with van der Waals surface area (Å²) in [4.78, 5) is 10.6. The molecule has 14 heavy (non-hydrogen) atoms. The smallest absolute Gasteiger partial charge is 0.371 e. The second kappa shape index (κ2) is 2.92. The monoisotopic (exact) mass is 212 g/mol. The highest BCUT2D eigenvalue weighted by atomic mass is 35.5. The highest BCUT2D eigenvalue weighted by molar-refractivity contribution is 6.35. The molecule has 0 aliphatic heterocycles. The molecule has 1 aromatic heterocycles. The van der Waals surface area contributed by atoms with Crippen molar-refractivity contribution in [1.29, 1.82) is 0 Å². The van der Waals surface area contributed by atoms with E-state index in [9.17, 15) is 9.90 Å². The van der Waals surface area contributed by atoms with E-state index in [1.807, 2.05) is 0 Å². The van der Waals surface area contributed by atoms with Gasteiger partial charge in [0.2, 0.25) is 5.76 Å². The first kappa shape index (κ1) is 8.90. The van der Waals surface area contributed by atoms with Crippen molar-refractivity contribution in [3.8, 4) is 5.75 Å². The van der Waals surface area contributed by atoms with Gasteiger partial charge in [0.1, 0.15) is 0 Å². The highest BCUT2D eigenvalue weighted by Gasteiger charge is 2.14. The van der Waals surface area contributed by atoms with E-state index in [4.69, 9.17) is 21.1 Å². The molecule has 0 atom stereocenters. The van der Waals surface area contributed by atoms with E-state index in [2.05, 4.69) is 0 Å². The Morgan fingerprint density at radius 1 is 1.43 bits per heavy atom. The summed E-state index contributed by atoms with van der Waals surface area (Å²) in [6.45, 7) is 0. The number of carboxylic acid groups (broad SMARTS) is 1. The SMILES string of the molecule is O=C(O)c1cc2c(Cl)ccc(O)c2o1. The van der Waals surface area contributed by atoms with E-state index in [1.165, 1.54) is 18.2 Å². The fourth-order valence-corrected chi connectivity index (χ4v) is 1.39. The third kappa shape index (κ3) is 1.20. The van der Waals surface area contributed by atoms with Crippen molar-refractivity contribution < 1.29 is 19.4 Å². The number of fused-ring (bicyclic) bond motifs is 1. The van der Waals surface area contributed by atoms with Crippen LogP contribution in [0.15, 0.2) is 22.6 Å². The van der Waals surface area contributed by atoms with Gasteiger partial charge >= 0.3 is 5.97 Å². The molecule has 0 saturated carbocycles. The summed E-state index contributed by atoms with van der Waals surface area (Å²) in [5.74, 6) is -1.57. The molecule has 2 rings (SSSR count). The number of carbonyl (C=O) groups is 1. The zero-order chi connectivity index (χ0) is 10.3. The molecule has 0 fully saturated rings. The number of aromatic carboxylic acids is 1. The first-order chi connectivity index (χ1) is 6.59. The molecule has 1 aromatic carbocycles. The second-order valence-electron chi connectivity index (χ2n) is 2.73. The molecule has 5 heteroatoms. The Balaban J connectivity index is 2.82. The second-order valence-corrected chi connectivity index (χ2v) is 3.13. The lowest BCUT2D eigenvalue weighted by molar-refractivity contribution is 0.0665. The number of halogens is 1. The van der Waals surface area contributed by atoms with Gasteiger partial charge in [-0.05, 0) is 12.1 Å². The maximum Gasteiger partial charge on any atom is 0.371 e. The van der Waals surface area contributed by atoms with E-state index in [0.717, 1.165) is 0 Å². The maximum absolute atomic E-state index is 10.6. The average Bonchev–Trinajstić information content (AvgIpc) is 2.57. The minimum atomic E-state index is -1.20. The van der Waals surface area contributed by atoms with Crippen molar-refractivity contribution in [2.45, 2.75) is 0 Å². The Bertz CT molecular complexity index is 476. The number of hydrogen-bond donors (Lipinski definition) is 2. The number of benzene rings is 1. The van der Waals surface area contributed by atoms with Crippen LogP contribution < -0.4 is 0 Å². The molecule has 0 saturated heterocycles. The van der Waals surface area contributed by atoms with Crippen LogP contribution in [0.1, 0.15) is 10.6 Å². The van der Waals surface area contributed by atoms with E-state index in [-0.39, 0.29) is 17.1 Å². The van der Waals surface area contributed by atoms with Crippen LogP contribution in [0.25, 0.3) is 11.0 Å². The van der Waals surface area contributed by atoms with Gasteiger partial charge < -0.3 is 14.6 Å². The number of carboxylic acids is 1. The van der Waals surface area contributed by atoms with Crippen LogP contribution in [0.3, 0.4) is 0 Å². The molecule has 72 valence electrons. The van der Waals surface area contributed by atoms with Gasteiger partial charge in [0.05, 0.1) is 5.02 Å². The van der Waals surface area contributed by atoms with Gasteiger partial charge in [-0.15, -0.1) is 0 Å². The van der Waals surface area contributed by atoms with Crippen LogP contribution in [-0.4, -0.2) is 16.2 Å². The Labute approximate surface area is 83.3 Å². The van der Waals surface area contributed by atoms with Crippen molar-refractivity contribution in [2.75, 3.05) is 0 Å². The van der Waals surface area contributed by atoms with Gasteiger partial charge in [0, 0.05) is 11.5 Å². The summed E-state index contributed by atoms with van der Waals surface area (Å²) >= 11 is 5.78. The zero-order valence-electron chi connectivity index (χ0n) is 6.82. The third-order valence-corrected chi connectivity index (χ3v) is 2.15. The first-order valence-electron chi connectivity index (χ1n) is 3.74. The van der Waals surface area contributed by atoms with Crippen LogP contribution >= 0.6 is 11.6 Å². The van der Waals surface area contributed by atoms with E-state index < -0.39 is 5.97 Å². The predicted octanol–water partition coefficient (Wildman–Crippen LogP) is 2.49. The summed E-state index contributed by atoms with van der Waals surface area (Å²) in [7, 11) is 0. The maximum atomic E-state index is 10.6. The molecular weight excluding hydrogens is 208 g/mol. The van der Waals surface area contributed by atoms with Gasteiger partial charge in [0.25, 0.3) is 0 Å². The van der Waals surface area contributed by atoms with Gasteiger partial charge in [-0.25, -0.2) is 4.79 Å². The number of furan rings is 1. The van der Waals surface area contributed by atoms with Crippen molar-refractivity contribution in [3.05, 3.63) is 29.0 Å². The largest absolute Gasteiger partial charge is 0.504 e. The van der Waals surface area contributed by atoms with Crippen molar-refractivity contribution in [3.63, 3.8) is 0 Å². The molecule has 0 radical (unpaired) electrons. The lowest BCUT2D eigenvalue weighted by Crippen LogP contribution is -1.91. The van der Waals surface area contributed by atoms with Crippen LogP contribution in [0.4, 0.5) is 0 Å². The number of rotatable bonds is 1. The Morgan fingerprint density at radius 3 is 2.71 bits per heavy atom. The van der Waals surface area contributed by atoms with Crippen molar-refractivity contribution in [2.24, 2.45) is 0 Å². The molecular formula is C9H5ClO4.